The summed E-state index contributed by atoms with van der Waals surface area (Å²) < 4.78 is 5.57. The maximum absolute atomic E-state index is 13.8. The fourth-order valence-corrected chi connectivity index (χ4v) is 5.33. The van der Waals surface area contributed by atoms with Crippen LogP contribution >= 0.6 is 0 Å². The van der Waals surface area contributed by atoms with E-state index in [9.17, 15) is 25.0 Å². The molecule has 0 aromatic heterocycles. The minimum absolute atomic E-state index is 0.0647. The van der Waals surface area contributed by atoms with Gasteiger partial charge in [-0.25, -0.2) is 4.79 Å². The molecule has 0 saturated carbocycles. The van der Waals surface area contributed by atoms with Crippen LogP contribution in [0.1, 0.15) is 36.6 Å². The van der Waals surface area contributed by atoms with Gasteiger partial charge in [0, 0.05) is 47.8 Å². The molecular formula is C32H28N4O6. The van der Waals surface area contributed by atoms with Gasteiger partial charge >= 0.3 is 5.97 Å². The van der Waals surface area contributed by atoms with Crippen molar-refractivity contribution in [2.24, 2.45) is 0 Å². The Balaban J connectivity index is 1.81. The molecule has 1 aliphatic rings. The Kier molecular flexibility index (Phi) is 8.24. The number of carbonyl (C=O) groups is 1. The molecular weight excluding hydrogens is 536 g/mol. The summed E-state index contributed by atoms with van der Waals surface area (Å²) >= 11 is 0. The molecule has 42 heavy (non-hydrogen) atoms. The van der Waals surface area contributed by atoms with Crippen molar-refractivity contribution in [3.8, 4) is 0 Å². The lowest BCUT2D eigenvalue weighted by Gasteiger charge is -2.45. The van der Waals surface area contributed by atoms with Gasteiger partial charge in [-0.15, -0.1) is 0 Å². The van der Waals surface area contributed by atoms with Crippen LogP contribution in [0.5, 0.6) is 0 Å². The lowest BCUT2D eigenvalue weighted by molar-refractivity contribution is -0.385. The van der Waals surface area contributed by atoms with Crippen molar-refractivity contribution in [2.45, 2.75) is 25.4 Å². The zero-order valence-corrected chi connectivity index (χ0v) is 22.8. The van der Waals surface area contributed by atoms with Crippen LogP contribution in [0.15, 0.2) is 120 Å². The van der Waals surface area contributed by atoms with Crippen molar-refractivity contribution in [1.82, 2.24) is 0 Å². The highest BCUT2D eigenvalue weighted by Gasteiger charge is 2.42. The number of para-hydroxylation sites is 2. The second-order valence-electron chi connectivity index (χ2n) is 9.67. The molecule has 10 heteroatoms. The Hall–Kier alpha value is -5.51. The van der Waals surface area contributed by atoms with Crippen molar-refractivity contribution in [3.63, 3.8) is 0 Å². The summed E-state index contributed by atoms with van der Waals surface area (Å²) in [5.41, 5.74) is 3.27. The van der Waals surface area contributed by atoms with Gasteiger partial charge in [-0.2, -0.15) is 0 Å². The number of rotatable bonds is 9. The molecule has 0 aliphatic carbocycles. The molecule has 212 valence electrons. The number of nitro groups is 2. The molecule has 0 amide bonds. The van der Waals surface area contributed by atoms with Gasteiger partial charge in [0.25, 0.3) is 11.4 Å². The average Bonchev–Trinajstić information content (AvgIpc) is 3.01. The highest BCUT2D eigenvalue weighted by molar-refractivity contribution is 5.93. The molecule has 0 saturated heterocycles. The molecule has 2 atom stereocenters. The number of hydrogen-bond donors (Lipinski definition) is 1. The smallest absolute Gasteiger partial charge is 0.338 e. The lowest BCUT2D eigenvalue weighted by atomic mass is 9.84. The Bertz CT molecular complexity index is 1640. The number of carbonyl (C=O) groups excluding carboxylic acids is 1. The van der Waals surface area contributed by atoms with Crippen LogP contribution in [0.4, 0.5) is 22.7 Å². The number of hydrogen-bond acceptors (Lipinski definition) is 8. The average molecular weight is 565 g/mol. The van der Waals surface area contributed by atoms with E-state index in [0.717, 1.165) is 11.4 Å². The minimum Gasteiger partial charge on any atom is -0.463 e. The second kappa shape index (κ2) is 12.3. The molecule has 5 rings (SSSR count). The Morgan fingerprint density at radius 2 is 1.40 bits per heavy atom. The standard InChI is InChI=1S/C32H28N4O6/c1-2-42-32(37)30-28(33-24-13-5-3-6-14-24)21-29(22-11-9-17-26(19-22)35(38)39)34(25-15-7-4-8-16-25)31(30)23-12-10-18-27(20-23)36(40)41/h3-20,29,31,33H,2,21H2,1H3/t29-,31+/m1/s1. The number of non-ortho nitro benzene ring substituents is 2. The third kappa shape index (κ3) is 5.83. The maximum Gasteiger partial charge on any atom is 0.338 e. The van der Waals surface area contributed by atoms with E-state index in [0.29, 0.717) is 22.4 Å². The number of nitro benzene ring substituents is 2. The van der Waals surface area contributed by atoms with E-state index in [-0.39, 0.29) is 24.4 Å². The minimum atomic E-state index is -0.837. The van der Waals surface area contributed by atoms with Crippen molar-refractivity contribution >= 4 is 28.7 Å². The molecule has 0 radical (unpaired) electrons. The van der Waals surface area contributed by atoms with Gasteiger partial charge in [-0.05, 0) is 42.3 Å². The van der Waals surface area contributed by atoms with E-state index in [4.69, 9.17) is 4.74 Å². The van der Waals surface area contributed by atoms with Gasteiger partial charge in [0.15, 0.2) is 0 Å². The number of benzene rings is 4. The van der Waals surface area contributed by atoms with Gasteiger partial charge in [0.2, 0.25) is 0 Å². The zero-order valence-electron chi connectivity index (χ0n) is 22.8. The van der Waals surface area contributed by atoms with Crippen LogP contribution in [-0.2, 0) is 9.53 Å². The molecule has 10 nitrogen and oxygen atoms in total. The first kappa shape index (κ1) is 28.0. The third-order valence-electron chi connectivity index (χ3n) is 7.09. The summed E-state index contributed by atoms with van der Waals surface area (Å²) in [5, 5.41) is 26.9. The summed E-state index contributed by atoms with van der Waals surface area (Å²) in [6.45, 7) is 1.84. The van der Waals surface area contributed by atoms with Crippen LogP contribution in [0, 0.1) is 20.2 Å². The quantitative estimate of drug-likeness (QED) is 0.129. The molecule has 0 unspecified atom stereocenters. The van der Waals surface area contributed by atoms with Gasteiger partial charge in [-0.1, -0.05) is 60.7 Å². The summed E-state index contributed by atoms with van der Waals surface area (Å²) in [7, 11) is 0. The van der Waals surface area contributed by atoms with Crippen LogP contribution in [0.25, 0.3) is 0 Å². The van der Waals surface area contributed by atoms with Crippen molar-refractivity contribution in [2.75, 3.05) is 16.8 Å². The normalized spacial score (nSPS) is 16.5. The van der Waals surface area contributed by atoms with E-state index in [1.54, 1.807) is 25.1 Å². The van der Waals surface area contributed by atoms with E-state index in [1.807, 2.05) is 71.6 Å². The fourth-order valence-electron chi connectivity index (χ4n) is 5.33. The molecule has 4 aromatic carbocycles. The van der Waals surface area contributed by atoms with E-state index in [2.05, 4.69) is 5.32 Å². The summed E-state index contributed by atoms with van der Waals surface area (Å²) in [5.74, 6) is -0.564. The highest BCUT2D eigenvalue weighted by Crippen LogP contribution is 2.48. The van der Waals surface area contributed by atoms with Crippen LogP contribution in [0.3, 0.4) is 0 Å². The summed E-state index contributed by atoms with van der Waals surface area (Å²) in [6.07, 6.45) is 0.268. The number of ether oxygens (including phenoxy) is 1. The van der Waals surface area contributed by atoms with E-state index in [1.165, 1.54) is 24.3 Å². The maximum atomic E-state index is 13.8. The van der Waals surface area contributed by atoms with Crippen molar-refractivity contribution in [3.05, 3.63) is 152 Å². The topological polar surface area (TPSA) is 128 Å². The van der Waals surface area contributed by atoms with Gasteiger partial charge in [0.1, 0.15) is 0 Å². The molecule has 0 bridgehead atoms. The monoisotopic (exact) mass is 564 g/mol. The summed E-state index contributed by atoms with van der Waals surface area (Å²) in [4.78, 5) is 38.4. The molecule has 0 spiro atoms. The molecule has 4 aromatic rings. The van der Waals surface area contributed by atoms with Gasteiger partial charge < -0.3 is 15.0 Å². The summed E-state index contributed by atoms with van der Waals surface area (Å²) in [6, 6.07) is 29.9. The second-order valence-corrected chi connectivity index (χ2v) is 9.67. The Morgan fingerprint density at radius 3 is 2.00 bits per heavy atom. The number of nitrogens with one attached hydrogen (secondary N) is 1. The van der Waals surface area contributed by atoms with Crippen LogP contribution in [0.2, 0.25) is 0 Å². The molecule has 1 N–H and O–H groups in total. The predicted octanol–water partition coefficient (Wildman–Crippen LogP) is 7.13. The predicted molar refractivity (Wildman–Crippen MR) is 159 cm³/mol. The SMILES string of the molecule is CCOC(=O)C1=C(Nc2ccccc2)C[C@H](c2cccc([N+](=O)[O-])c2)N(c2ccccc2)[C@H]1c1cccc([N+](=O)[O-])c1. The van der Waals surface area contributed by atoms with E-state index >= 15 is 0 Å². The number of anilines is 2. The molecule has 1 aliphatic heterocycles. The van der Waals surface area contributed by atoms with Gasteiger partial charge in [0.05, 0.1) is 34.1 Å². The third-order valence-corrected chi connectivity index (χ3v) is 7.09. The molecule has 1 heterocycles. The Labute approximate surface area is 242 Å². The highest BCUT2D eigenvalue weighted by atomic mass is 16.6. The zero-order chi connectivity index (χ0) is 29.6. The number of esters is 1. The largest absolute Gasteiger partial charge is 0.463 e. The molecule has 0 fully saturated rings. The lowest BCUT2D eigenvalue weighted by Crippen LogP contribution is -2.41. The van der Waals surface area contributed by atoms with Crippen molar-refractivity contribution < 1.29 is 19.4 Å². The first-order chi connectivity index (χ1) is 20.4. The Morgan fingerprint density at radius 1 is 0.833 bits per heavy atom. The van der Waals surface area contributed by atoms with Crippen LogP contribution in [-0.4, -0.2) is 22.4 Å². The van der Waals surface area contributed by atoms with Gasteiger partial charge in [-0.3, -0.25) is 20.2 Å². The fraction of sp³-hybridized carbons (Fsp3) is 0.156. The first-order valence-corrected chi connectivity index (χ1v) is 13.4. The van der Waals surface area contributed by atoms with Crippen molar-refractivity contribution in [1.29, 1.82) is 0 Å². The number of nitrogens with zero attached hydrogens (tertiary/aromatic N) is 3. The van der Waals surface area contributed by atoms with Crippen LogP contribution < -0.4 is 10.2 Å². The van der Waals surface area contributed by atoms with E-state index < -0.39 is 27.9 Å². The first-order valence-electron chi connectivity index (χ1n) is 13.4.